The number of aromatic nitrogens is 2. The Bertz CT molecular complexity index is 970. The number of nitrogens with one attached hydrogen (secondary N) is 1. The van der Waals surface area contributed by atoms with E-state index < -0.39 is 0 Å². The van der Waals surface area contributed by atoms with Gasteiger partial charge in [0.15, 0.2) is 0 Å². The molecular formula is C16H11N3OS2. The van der Waals surface area contributed by atoms with E-state index in [1.54, 1.807) is 17.5 Å². The van der Waals surface area contributed by atoms with Gasteiger partial charge in [-0.15, -0.1) is 22.7 Å². The Kier molecular flexibility index (Phi) is 3.13. The van der Waals surface area contributed by atoms with Crippen LogP contribution in [0.3, 0.4) is 0 Å². The Morgan fingerprint density at radius 1 is 1.09 bits per heavy atom. The van der Waals surface area contributed by atoms with E-state index in [1.165, 1.54) is 18.3 Å². The number of amides is 1. The van der Waals surface area contributed by atoms with Gasteiger partial charge in [0.05, 0.1) is 26.0 Å². The number of nitrogens with zero attached hydrogens (tertiary/aromatic N) is 2. The van der Waals surface area contributed by atoms with E-state index in [-0.39, 0.29) is 5.91 Å². The van der Waals surface area contributed by atoms with Crippen LogP contribution >= 0.6 is 22.7 Å². The molecule has 1 N–H and O–H groups in total. The number of pyridine rings is 1. The summed E-state index contributed by atoms with van der Waals surface area (Å²) in [4.78, 5) is 20.7. The zero-order valence-electron chi connectivity index (χ0n) is 11.7. The fraction of sp³-hybridized carbons (Fsp3) is 0.0625. The van der Waals surface area contributed by atoms with E-state index in [1.807, 2.05) is 30.3 Å². The Labute approximate surface area is 134 Å². The first kappa shape index (κ1) is 13.4. The largest absolute Gasteiger partial charge is 0.317 e. The predicted octanol–water partition coefficient (Wildman–Crippen LogP) is 4.53. The van der Waals surface area contributed by atoms with Gasteiger partial charge in [0.1, 0.15) is 10.0 Å². The molecule has 0 bridgehead atoms. The van der Waals surface area contributed by atoms with E-state index in [0.717, 1.165) is 36.0 Å². The number of fused-ring (bicyclic) bond motifs is 2. The highest BCUT2D eigenvalue weighted by molar-refractivity contribution is 7.25. The number of benzene rings is 1. The van der Waals surface area contributed by atoms with E-state index in [4.69, 9.17) is 4.98 Å². The standard InChI is InChI=1S/C16H11N3OS2/c1-9(20)18-15-13(14-12(22-15)7-4-8-17-14)16-19-10-5-2-3-6-11(10)21-16/h2-8H,1H3,(H,18,20). The summed E-state index contributed by atoms with van der Waals surface area (Å²) < 4.78 is 2.17. The summed E-state index contributed by atoms with van der Waals surface area (Å²) in [7, 11) is 0. The number of para-hydroxylation sites is 1. The lowest BCUT2D eigenvalue weighted by atomic mass is 10.2. The van der Waals surface area contributed by atoms with Crippen LogP contribution in [0.4, 0.5) is 5.00 Å². The van der Waals surface area contributed by atoms with Crippen LogP contribution < -0.4 is 5.32 Å². The highest BCUT2D eigenvalue weighted by atomic mass is 32.1. The Morgan fingerprint density at radius 2 is 1.91 bits per heavy atom. The monoisotopic (exact) mass is 325 g/mol. The van der Waals surface area contributed by atoms with Gasteiger partial charge in [0, 0.05) is 13.1 Å². The first-order valence-corrected chi connectivity index (χ1v) is 8.37. The van der Waals surface area contributed by atoms with Crippen LogP contribution in [0.15, 0.2) is 42.6 Å². The normalized spacial score (nSPS) is 11.1. The van der Waals surface area contributed by atoms with Crippen molar-refractivity contribution in [1.29, 1.82) is 0 Å². The summed E-state index contributed by atoms with van der Waals surface area (Å²) in [6.45, 7) is 1.51. The van der Waals surface area contributed by atoms with Crippen molar-refractivity contribution in [2.45, 2.75) is 6.92 Å². The second-order valence-electron chi connectivity index (χ2n) is 4.82. The third kappa shape index (κ3) is 2.17. The minimum Gasteiger partial charge on any atom is -0.317 e. The number of thiazole rings is 1. The molecule has 108 valence electrons. The van der Waals surface area contributed by atoms with Gasteiger partial charge >= 0.3 is 0 Å². The lowest BCUT2D eigenvalue weighted by molar-refractivity contribution is -0.114. The van der Waals surface area contributed by atoms with Crippen LogP contribution in [0, 0.1) is 0 Å². The van der Waals surface area contributed by atoms with Gasteiger partial charge in [0.2, 0.25) is 5.91 Å². The maximum absolute atomic E-state index is 11.5. The van der Waals surface area contributed by atoms with Crippen molar-refractivity contribution in [3.63, 3.8) is 0 Å². The molecule has 0 radical (unpaired) electrons. The zero-order valence-corrected chi connectivity index (χ0v) is 13.3. The fourth-order valence-electron chi connectivity index (χ4n) is 2.35. The Balaban J connectivity index is 2.00. The van der Waals surface area contributed by atoms with Gasteiger partial charge in [0.25, 0.3) is 0 Å². The number of carbonyl (C=O) groups excluding carboxylic acids is 1. The SMILES string of the molecule is CC(=O)Nc1sc2cccnc2c1-c1nc2ccccc2s1. The molecule has 0 atom stereocenters. The molecule has 0 aliphatic rings. The lowest BCUT2D eigenvalue weighted by Crippen LogP contribution is -2.04. The van der Waals surface area contributed by atoms with E-state index >= 15 is 0 Å². The minimum atomic E-state index is -0.0890. The maximum Gasteiger partial charge on any atom is 0.221 e. The average Bonchev–Trinajstić information content (AvgIpc) is 3.06. The Morgan fingerprint density at radius 3 is 2.73 bits per heavy atom. The summed E-state index contributed by atoms with van der Waals surface area (Å²) in [5.74, 6) is -0.0890. The van der Waals surface area contributed by atoms with Crippen molar-refractivity contribution in [2.75, 3.05) is 5.32 Å². The summed E-state index contributed by atoms with van der Waals surface area (Å²) in [5, 5.41) is 4.60. The number of hydrogen-bond acceptors (Lipinski definition) is 5. The minimum absolute atomic E-state index is 0.0890. The van der Waals surface area contributed by atoms with Crippen LogP contribution in [0.2, 0.25) is 0 Å². The molecule has 4 nitrogen and oxygen atoms in total. The van der Waals surface area contributed by atoms with E-state index in [9.17, 15) is 4.79 Å². The van der Waals surface area contributed by atoms with Crippen LogP contribution in [-0.4, -0.2) is 15.9 Å². The summed E-state index contributed by atoms with van der Waals surface area (Å²) in [6.07, 6.45) is 1.77. The molecule has 4 rings (SSSR count). The number of thiophene rings is 1. The summed E-state index contributed by atoms with van der Waals surface area (Å²) in [6, 6.07) is 11.9. The predicted molar refractivity (Wildman–Crippen MR) is 92.5 cm³/mol. The molecule has 0 saturated heterocycles. The third-order valence-electron chi connectivity index (χ3n) is 3.24. The van der Waals surface area contributed by atoms with Gasteiger partial charge in [-0.2, -0.15) is 0 Å². The van der Waals surface area contributed by atoms with E-state index in [2.05, 4.69) is 16.4 Å². The molecule has 1 aromatic carbocycles. The fourth-order valence-corrected chi connectivity index (χ4v) is 4.55. The molecule has 0 saturated carbocycles. The second kappa shape index (κ2) is 5.15. The smallest absolute Gasteiger partial charge is 0.221 e. The van der Waals surface area contributed by atoms with Crippen molar-refractivity contribution in [3.05, 3.63) is 42.6 Å². The summed E-state index contributed by atoms with van der Waals surface area (Å²) in [5.41, 5.74) is 2.76. The van der Waals surface area contributed by atoms with Crippen LogP contribution in [0.25, 0.3) is 31.0 Å². The van der Waals surface area contributed by atoms with Gasteiger partial charge < -0.3 is 5.32 Å². The molecule has 22 heavy (non-hydrogen) atoms. The lowest BCUT2D eigenvalue weighted by Gasteiger charge is -2.01. The maximum atomic E-state index is 11.5. The van der Waals surface area contributed by atoms with Crippen molar-refractivity contribution in [3.8, 4) is 10.6 Å². The molecule has 0 aliphatic heterocycles. The molecule has 3 aromatic heterocycles. The number of anilines is 1. The van der Waals surface area contributed by atoms with Crippen LogP contribution in [0.5, 0.6) is 0 Å². The molecule has 1 amide bonds. The molecule has 0 unspecified atom stereocenters. The molecular weight excluding hydrogens is 314 g/mol. The number of hydrogen-bond donors (Lipinski definition) is 1. The zero-order chi connectivity index (χ0) is 15.1. The first-order valence-electron chi connectivity index (χ1n) is 6.73. The average molecular weight is 325 g/mol. The molecule has 0 fully saturated rings. The molecule has 3 heterocycles. The van der Waals surface area contributed by atoms with Gasteiger partial charge in [-0.25, -0.2) is 4.98 Å². The Hall–Kier alpha value is -2.31. The quantitative estimate of drug-likeness (QED) is 0.589. The summed E-state index contributed by atoms with van der Waals surface area (Å²) >= 11 is 3.14. The third-order valence-corrected chi connectivity index (χ3v) is 5.36. The highest BCUT2D eigenvalue weighted by Crippen LogP contribution is 2.44. The van der Waals surface area contributed by atoms with Crippen LogP contribution in [-0.2, 0) is 4.79 Å². The van der Waals surface area contributed by atoms with Crippen molar-refractivity contribution >= 4 is 54.0 Å². The van der Waals surface area contributed by atoms with Crippen molar-refractivity contribution in [1.82, 2.24) is 9.97 Å². The van der Waals surface area contributed by atoms with Crippen molar-refractivity contribution in [2.24, 2.45) is 0 Å². The highest BCUT2D eigenvalue weighted by Gasteiger charge is 2.19. The molecule has 4 aromatic rings. The first-order chi connectivity index (χ1) is 10.7. The van der Waals surface area contributed by atoms with Gasteiger partial charge in [-0.1, -0.05) is 12.1 Å². The molecule has 0 aliphatic carbocycles. The molecule has 6 heteroatoms. The van der Waals surface area contributed by atoms with Crippen LogP contribution in [0.1, 0.15) is 6.92 Å². The van der Waals surface area contributed by atoms with E-state index in [0.29, 0.717) is 0 Å². The topological polar surface area (TPSA) is 54.9 Å². The second-order valence-corrected chi connectivity index (χ2v) is 6.91. The van der Waals surface area contributed by atoms with Gasteiger partial charge in [-0.05, 0) is 24.3 Å². The van der Waals surface area contributed by atoms with Gasteiger partial charge in [-0.3, -0.25) is 9.78 Å². The molecule has 0 spiro atoms. The number of rotatable bonds is 2. The van der Waals surface area contributed by atoms with Crippen molar-refractivity contribution < 1.29 is 4.79 Å². The number of carbonyl (C=O) groups is 1.